The van der Waals surface area contributed by atoms with Gasteiger partial charge in [-0.3, -0.25) is 4.40 Å². The summed E-state index contributed by atoms with van der Waals surface area (Å²) in [4.78, 5) is 5.64. The van der Waals surface area contributed by atoms with E-state index in [1.54, 1.807) is 11.3 Å². The van der Waals surface area contributed by atoms with Gasteiger partial charge >= 0.3 is 0 Å². The molecule has 0 spiro atoms. The lowest BCUT2D eigenvalue weighted by Crippen LogP contribution is -1.91. The second-order valence-electron chi connectivity index (χ2n) is 5.14. The van der Waals surface area contributed by atoms with Crippen LogP contribution in [0.3, 0.4) is 0 Å². The largest absolute Gasteiger partial charge is 0.494 e. The predicted molar refractivity (Wildman–Crippen MR) is 91.9 cm³/mol. The summed E-state index contributed by atoms with van der Waals surface area (Å²) in [6.07, 6.45) is 2.03. The van der Waals surface area contributed by atoms with Crippen molar-refractivity contribution in [3.8, 4) is 23.1 Å². The number of nitrogens with zero attached hydrogens (tertiary/aromatic N) is 3. The van der Waals surface area contributed by atoms with Gasteiger partial charge < -0.3 is 4.74 Å². The number of benzene rings is 2. The highest BCUT2D eigenvalue weighted by atomic mass is 32.1. The monoisotopic (exact) mass is 319 g/mol. The SMILES string of the molecule is CCOc1cccc(-c2cn3c(n2)sc2cc(C#N)ccc23)c1. The van der Waals surface area contributed by atoms with E-state index in [0.29, 0.717) is 12.2 Å². The molecule has 112 valence electrons. The summed E-state index contributed by atoms with van der Waals surface area (Å²) < 4.78 is 8.70. The van der Waals surface area contributed by atoms with Crippen molar-refractivity contribution in [1.82, 2.24) is 9.38 Å². The second kappa shape index (κ2) is 5.41. The van der Waals surface area contributed by atoms with Crippen LogP contribution in [-0.2, 0) is 0 Å². The summed E-state index contributed by atoms with van der Waals surface area (Å²) in [6.45, 7) is 2.62. The van der Waals surface area contributed by atoms with Crippen molar-refractivity contribution >= 4 is 26.5 Å². The van der Waals surface area contributed by atoms with Gasteiger partial charge in [-0.2, -0.15) is 5.26 Å². The van der Waals surface area contributed by atoms with Gasteiger partial charge in [-0.15, -0.1) is 0 Å². The minimum Gasteiger partial charge on any atom is -0.494 e. The Balaban J connectivity index is 1.83. The number of thiazole rings is 1. The first-order valence-electron chi connectivity index (χ1n) is 7.33. The molecule has 23 heavy (non-hydrogen) atoms. The molecule has 0 aliphatic carbocycles. The maximum absolute atomic E-state index is 9.01. The lowest BCUT2D eigenvalue weighted by molar-refractivity contribution is 0.340. The predicted octanol–water partition coefficient (Wildman–Crippen LogP) is 4.49. The number of hydrogen-bond donors (Lipinski definition) is 0. The molecule has 0 N–H and O–H groups in total. The van der Waals surface area contributed by atoms with Gasteiger partial charge in [0.15, 0.2) is 4.96 Å². The molecule has 0 aliphatic rings. The fraction of sp³-hybridized carbons (Fsp3) is 0.111. The van der Waals surface area contributed by atoms with E-state index in [0.717, 1.165) is 32.2 Å². The van der Waals surface area contributed by atoms with Gasteiger partial charge in [0.05, 0.1) is 34.2 Å². The normalized spacial score (nSPS) is 11.0. The van der Waals surface area contributed by atoms with Crippen LogP contribution in [0.4, 0.5) is 0 Å². The lowest BCUT2D eigenvalue weighted by atomic mass is 10.1. The van der Waals surface area contributed by atoms with E-state index in [2.05, 4.69) is 10.5 Å². The molecule has 0 fully saturated rings. The van der Waals surface area contributed by atoms with Crippen LogP contribution in [-0.4, -0.2) is 16.0 Å². The molecule has 2 heterocycles. The summed E-state index contributed by atoms with van der Waals surface area (Å²) in [5.74, 6) is 0.852. The topological polar surface area (TPSA) is 50.3 Å². The van der Waals surface area contributed by atoms with E-state index in [4.69, 9.17) is 15.0 Å². The van der Waals surface area contributed by atoms with Crippen LogP contribution in [0.25, 0.3) is 26.4 Å². The van der Waals surface area contributed by atoms with Gasteiger partial charge in [-0.25, -0.2) is 4.98 Å². The first-order chi connectivity index (χ1) is 11.3. The Morgan fingerprint density at radius 2 is 2.17 bits per heavy atom. The van der Waals surface area contributed by atoms with E-state index in [1.807, 2.05) is 55.6 Å². The fourth-order valence-electron chi connectivity index (χ4n) is 2.62. The molecule has 0 saturated carbocycles. The van der Waals surface area contributed by atoms with E-state index in [-0.39, 0.29) is 0 Å². The molecular formula is C18H13N3OS. The van der Waals surface area contributed by atoms with Crippen molar-refractivity contribution in [3.05, 3.63) is 54.2 Å². The molecule has 4 aromatic rings. The van der Waals surface area contributed by atoms with E-state index in [1.165, 1.54) is 0 Å². The Morgan fingerprint density at radius 3 is 3.00 bits per heavy atom. The molecule has 4 rings (SSSR count). The molecule has 5 heteroatoms. The highest BCUT2D eigenvalue weighted by Gasteiger charge is 2.11. The molecule has 0 radical (unpaired) electrons. The molecule has 0 atom stereocenters. The van der Waals surface area contributed by atoms with Crippen LogP contribution in [0, 0.1) is 11.3 Å². The molecule has 0 amide bonds. The van der Waals surface area contributed by atoms with Gasteiger partial charge in [-0.1, -0.05) is 23.5 Å². The van der Waals surface area contributed by atoms with Crippen LogP contribution >= 0.6 is 11.3 Å². The lowest BCUT2D eigenvalue weighted by Gasteiger charge is -2.03. The third-order valence-electron chi connectivity index (χ3n) is 3.66. The maximum Gasteiger partial charge on any atom is 0.195 e. The quantitative estimate of drug-likeness (QED) is 0.559. The zero-order chi connectivity index (χ0) is 15.8. The molecule has 0 saturated heterocycles. The van der Waals surface area contributed by atoms with Gasteiger partial charge in [0.1, 0.15) is 5.75 Å². The van der Waals surface area contributed by atoms with Crippen molar-refractivity contribution in [3.63, 3.8) is 0 Å². The Kier molecular flexibility index (Phi) is 3.25. The Labute approximate surface area is 137 Å². The highest BCUT2D eigenvalue weighted by molar-refractivity contribution is 7.23. The average molecular weight is 319 g/mol. The number of hydrogen-bond acceptors (Lipinski definition) is 4. The molecular weight excluding hydrogens is 306 g/mol. The van der Waals surface area contributed by atoms with Crippen LogP contribution in [0.5, 0.6) is 5.75 Å². The standard InChI is InChI=1S/C18H13N3OS/c1-2-22-14-5-3-4-13(9-14)15-11-21-16-7-6-12(10-19)8-17(16)23-18(21)20-15/h3-9,11H,2H2,1H3. The van der Waals surface area contributed by atoms with Crippen LogP contribution in [0.2, 0.25) is 0 Å². The van der Waals surface area contributed by atoms with E-state index >= 15 is 0 Å². The van der Waals surface area contributed by atoms with Crippen molar-refractivity contribution in [2.24, 2.45) is 0 Å². The first-order valence-corrected chi connectivity index (χ1v) is 8.15. The third kappa shape index (κ3) is 2.33. The summed E-state index contributed by atoms with van der Waals surface area (Å²) in [5.41, 5.74) is 3.70. The Morgan fingerprint density at radius 1 is 1.26 bits per heavy atom. The van der Waals surface area contributed by atoms with Gasteiger partial charge in [0.25, 0.3) is 0 Å². The van der Waals surface area contributed by atoms with Gasteiger partial charge in [0, 0.05) is 11.8 Å². The van der Waals surface area contributed by atoms with Crippen LogP contribution < -0.4 is 4.74 Å². The highest BCUT2D eigenvalue weighted by Crippen LogP contribution is 2.31. The maximum atomic E-state index is 9.01. The molecule has 2 aromatic carbocycles. The Hall–Kier alpha value is -2.84. The van der Waals surface area contributed by atoms with Gasteiger partial charge in [0.2, 0.25) is 0 Å². The second-order valence-corrected chi connectivity index (χ2v) is 6.15. The molecule has 0 aliphatic heterocycles. The molecule has 2 aromatic heterocycles. The van der Waals surface area contributed by atoms with Crippen molar-refractivity contribution in [2.75, 3.05) is 6.61 Å². The van der Waals surface area contributed by atoms with Crippen molar-refractivity contribution < 1.29 is 4.74 Å². The van der Waals surface area contributed by atoms with Gasteiger partial charge in [-0.05, 0) is 37.3 Å². The smallest absolute Gasteiger partial charge is 0.195 e. The number of fused-ring (bicyclic) bond motifs is 3. The fourth-order valence-corrected chi connectivity index (χ4v) is 3.67. The molecule has 0 unspecified atom stereocenters. The van der Waals surface area contributed by atoms with Crippen LogP contribution in [0.15, 0.2) is 48.7 Å². The van der Waals surface area contributed by atoms with Crippen molar-refractivity contribution in [1.29, 1.82) is 5.26 Å². The van der Waals surface area contributed by atoms with Crippen LogP contribution in [0.1, 0.15) is 12.5 Å². The van der Waals surface area contributed by atoms with E-state index < -0.39 is 0 Å². The summed E-state index contributed by atoms with van der Waals surface area (Å²) in [7, 11) is 0. The zero-order valence-electron chi connectivity index (χ0n) is 12.5. The molecule has 4 nitrogen and oxygen atoms in total. The van der Waals surface area contributed by atoms with E-state index in [9.17, 15) is 0 Å². The zero-order valence-corrected chi connectivity index (χ0v) is 13.3. The Bertz CT molecular complexity index is 1060. The summed E-state index contributed by atoms with van der Waals surface area (Å²) in [5, 5.41) is 9.01. The summed E-state index contributed by atoms with van der Waals surface area (Å²) in [6, 6.07) is 15.9. The number of aromatic nitrogens is 2. The van der Waals surface area contributed by atoms with Crippen molar-refractivity contribution in [2.45, 2.75) is 6.92 Å². The average Bonchev–Trinajstić information content (AvgIpc) is 3.12. The third-order valence-corrected chi connectivity index (χ3v) is 4.68. The minimum atomic E-state index is 0.646. The molecule has 0 bridgehead atoms. The first kappa shape index (κ1) is 13.8. The summed E-state index contributed by atoms with van der Waals surface area (Å²) >= 11 is 1.59. The number of ether oxygens (including phenoxy) is 1. The minimum absolute atomic E-state index is 0.646. The number of imidazole rings is 1. The number of rotatable bonds is 3. The number of nitriles is 1.